The van der Waals surface area contributed by atoms with Gasteiger partial charge in [0.15, 0.2) is 5.78 Å². The number of ketones is 1. The van der Waals surface area contributed by atoms with Crippen molar-refractivity contribution < 1.29 is 39.4 Å². The third-order valence-corrected chi connectivity index (χ3v) is 5.01. The molecule has 1 aliphatic carbocycles. The quantitative estimate of drug-likeness (QED) is 0.520. The minimum absolute atomic E-state index is 0.177. The molecule has 29 heavy (non-hydrogen) atoms. The smallest absolute Gasteiger partial charge is 0.229 e. The monoisotopic (exact) mass is 403 g/mol. The van der Waals surface area contributed by atoms with Gasteiger partial charge in [-0.05, 0) is 37.3 Å². The summed E-state index contributed by atoms with van der Waals surface area (Å²) in [5.74, 6) is 0.524. The van der Waals surface area contributed by atoms with E-state index in [4.69, 9.17) is 14.2 Å². The second-order valence-electron chi connectivity index (χ2n) is 7.04. The molecule has 0 spiro atoms. The highest BCUT2D eigenvalue weighted by atomic mass is 16.7. The number of ether oxygens (including phenoxy) is 3. The van der Waals surface area contributed by atoms with Crippen molar-refractivity contribution >= 4 is 17.2 Å². The highest BCUT2D eigenvalue weighted by molar-refractivity contribution is 6.19. The van der Waals surface area contributed by atoms with E-state index < -0.39 is 43.4 Å². The number of hydrogen-bond acceptors (Lipinski definition) is 9. The molecule has 9 nitrogen and oxygen atoms in total. The first-order chi connectivity index (χ1) is 13.9. The topological polar surface area (TPSA) is 138 Å². The van der Waals surface area contributed by atoms with Crippen LogP contribution < -0.4 is 4.74 Å². The Balaban J connectivity index is 1.59. The van der Waals surface area contributed by atoms with Crippen LogP contribution in [0.2, 0.25) is 0 Å². The average molecular weight is 403 g/mol. The number of aliphatic hydroxyl groups is 4. The van der Waals surface area contributed by atoms with E-state index in [0.717, 1.165) is 0 Å². The van der Waals surface area contributed by atoms with Crippen LogP contribution in [0.5, 0.6) is 5.75 Å². The molecule has 1 unspecified atom stereocenters. The van der Waals surface area contributed by atoms with Gasteiger partial charge in [0.1, 0.15) is 47.7 Å². The largest absolute Gasteiger partial charge is 0.484 e. The van der Waals surface area contributed by atoms with Crippen LogP contribution in [0.1, 0.15) is 18.6 Å². The molecule has 9 heteroatoms. The van der Waals surface area contributed by atoms with Gasteiger partial charge in [0.2, 0.25) is 6.29 Å². The Kier molecular flexibility index (Phi) is 5.24. The average Bonchev–Trinajstić information content (AvgIpc) is 2.84. The first kappa shape index (κ1) is 19.7. The molecule has 1 aromatic rings. The number of hydrogen-bond donors (Lipinski definition) is 4. The van der Waals surface area contributed by atoms with Crippen molar-refractivity contribution in [2.45, 2.75) is 43.7 Å². The van der Waals surface area contributed by atoms with Gasteiger partial charge in [0.05, 0.1) is 12.3 Å². The standard InChI is InChI=1S/C20H21NO8/c1-9-12-7-11(28-20-19(26)18(25)17(24)16(8-22)29-20)3-5-13(12)21-14-4-2-10(23)6-15(14)27-9/h2-7,9,16-20,22,24-26H,8H2,1H3/t9?,16-,17+,18+,19-,20-/m1/s1. The molecule has 0 aromatic heterocycles. The second kappa shape index (κ2) is 7.69. The predicted molar refractivity (Wildman–Crippen MR) is 99.7 cm³/mol. The highest BCUT2D eigenvalue weighted by Crippen LogP contribution is 2.37. The maximum atomic E-state index is 11.6. The molecule has 4 N–H and O–H groups in total. The van der Waals surface area contributed by atoms with E-state index >= 15 is 0 Å². The number of benzene rings is 1. The number of carbonyl (C=O) groups excluding carboxylic acids is 1. The summed E-state index contributed by atoms with van der Waals surface area (Å²) in [6.45, 7) is 1.26. The van der Waals surface area contributed by atoms with Crippen molar-refractivity contribution in [3.05, 3.63) is 47.7 Å². The molecule has 4 rings (SSSR count). The van der Waals surface area contributed by atoms with E-state index in [1.54, 1.807) is 31.2 Å². The minimum atomic E-state index is -1.53. The fraction of sp³-hybridized carbons (Fsp3) is 0.400. The summed E-state index contributed by atoms with van der Waals surface area (Å²) in [5, 5.41) is 39.2. The number of nitrogens with zero attached hydrogens (tertiary/aromatic N) is 1. The zero-order valence-electron chi connectivity index (χ0n) is 15.5. The minimum Gasteiger partial charge on any atom is -0.484 e. The van der Waals surface area contributed by atoms with Gasteiger partial charge in [-0.15, -0.1) is 0 Å². The molecule has 0 radical (unpaired) electrons. The Bertz CT molecular complexity index is 906. The molecule has 3 aliphatic rings. The third kappa shape index (κ3) is 3.70. The Morgan fingerprint density at radius 3 is 2.69 bits per heavy atom. The molecular formula is C20H21NO8. The summed E-state index contributed by atoms with van der Waals surface area (Å²) in [7, 11) is 0. The molecule has 0 bridgehead atoms. The van der Waals surface area contributed by atoms with E-state index in [1.165, 1.54) is 12.2 Å². The van der Waals surface area contributed by atoms with E-state index in [2.05, 4.69) is 4.99 Å². The van der Waals surface area contributed by atoms with Gasteiger partial charge in [-0.3, -0.25) is 4.79 Å². The van der Waals surface area contributed by atoms with Crippen molar-refractivity contribution in [2.24, 2.45) is 4.99 Å². The summed E-state index contributed by atoms with van der Waals surface area (Å²) >= 11 is 0. The lowest BCUT2D eigenvalue weighted by molar-refractivity contribution is -0.277. The van der Waals surface area contributed by atoms with Crippen LogP contribution >= 0.6 is 0 Å². The first-order valence-electron chi connectivity index (χ1n) is 9.18. The van der Waals surface area contributed by atoms with Gasteiger partial charge in [-0.1, -0.05) is 0 Å². The summed E-state index contributed by atoms with van der Waals surface area (Å²) in [5.41, 5.74) is 1.87. The summed E-state index contributed by atoms with van der Waals surface area (Å²) in [6, 6.07) is 4.98. The highest BCUT2D eigenvalue weighted by Gasteiger charge is 2.44. The molecule has 2 aliphatic heterocycles. The van der Waals surface area contributed by atoms with Crippen molar-refractivity contribution in [3.8, 4) is 5.75 Å². The Labute approximate surface area is 166 Å². The van der Waals surface area contributed by atoms with Gasteiger partial charge in [0, 0.05) is 11.6 Å². The van der Waals surface area contributed by atoms with Crippen molar-refractivity contribution in [1.29, 1.82) is 0 Å². The zero-order valence-corrected chi connectivity index (χ0v) is 15.5. The molecular weight excluding hydrogens is 382 g/mol. The van der Waals surface area contributed by atoms with E-state index in [0.29, 0.717) is 28.5 Å². The third-order valence-electron chi connectivity index (χ3n) is 5.01. The number of aliphatic hydroxyl groups excluding tert-OH is 4. The van der Waals surface area contributed by atoms with Crippen molar-refractivity contribution in [3.63, 3.8) is 0 Å². The molecule has 2 heterocycles. The van der Waals surface area contributed by atoms with E-state index in [1.807, 2.05) is 0 Å². The van der Waals surface area contributed by atoms with Crippen molar-refractivity contribution in [1.82, 2.24) is 0 Å². The second-order valence-corrected chi connectivity index (χ2v) is 7.04. The molecule has 6 atom stereocenters. The van der Waals surface area contributed by atoms with Crippen LogP contribution in [0.3, 0.4) is 0 Å². The van der Waals surface area contributed by atoms with Gasteiger partial charge < -0.3 is 34.6 Å². The van der Waals surface area contributed by atoms with Crippen LogP contribution in [-0.2, 0) is 14.3 Å². The fourth-order valence-electron chi connectivity index (χ4n) is 3.40. The Hall–Kier alpha value is -2.56. The van der Waals surface area contributed by atoms with Gasteiger partial charge >= 0.3 is 0 Å². The van der Waals surface area contributed by atoms with Crippen LogP contribution in [0.4, 0.5) is 5.69 Å². The number of fused-ring (bicyclic) bond motifs is 2. The Morgan fingerprint density at radius 2 is 1.93 bits per heavy atom. The number of aliphatic imine (C=N–C) groups is 1. The van der Waals surface area contributed by atoms with Crippen LogP contribution in [0.25, 0.3) is 0 Å². The van der Waals surface area contributed by atoms with Crippen LogP contribution in [-0.4, -0.2) is 69.2 Å². The van der Waals surface area contributed by atoms with Gasteiger partial charge in [0.25, 0.3) is 0 Å². The lowest BCUT2D eigenvalue weighted by Crippen LogP contribution is -2.60. The molecule has 0 amide bonds. The Morgan fingerprint density at radius 1 is 1.14 bits per heavy atom. The SMILES string of the molecule is CC1OC2=CC(=O)C=CC2=Nc2ccc(O[C@@H]3O[C@H](CO)[C@H](O)[C@H](O)[C@H]3O)cc21. The molecule has 0 saturated carbocycles. The summed E-state index contributed by atoms with van der Waals surface area (Å²) in [4.78, 5) is 16.1. The van der Waals surface area contributed by atoms with Crippen molar-refractivity contribution in [2.75, 3.05) is 6.61 Å². The maximum Gasteiger partial charge on any atom is 0.229 e. The zero-order chi connectivity index (χ0) is 20.7. The predicted octanol–water partition coefficient (Wildman–Crippen LogP) is 0.0518. The normalized spacial score (nSPS) is 33.6. The molecule has 1 saturated heterocycles. The van der Waals surface area contributed by atoms with E-state index in [9.17, 15) is 25.2 Å². The molecule has 154 valence electrons. The first-order valence-corrected chi connectivity index (χ1v) is 9.18. The molecule has 1 fully saturated rings. The fourth-order valence-corrected chi connectivity index (χ4v) is 3.40. The lowest BCUT2D eigenvalue weighted by Gasteiger charge is -2.39. The number of rotatable bonds is 3. The van der Waals surface area contributed by atoms with Gasteiger partial charge in [-0.25, -0.2) is 4.99 Å². The maximum absolute atomic E-state index is 11.6. The lowest BCUT2D eigenvalue weighted by atomic mass is 9.99. The molecule has 1 aromatic carbocycles. The number of carbonyl (C=O) groups is 1. The summed E-state index contributed by atoms with van der Waals surface area (Å²) < 4.78 is 16.9. The van der Waals surface area contributed by atoms with E-state index in [-0.39, 0.29) is 5.78 Å². The van der Waals surface area contributed by atoms with Crippen LogP contribution in [0.15, 0.2) is 47.2 Å². The number of allylic oxidation sites excluding steroid dienone is 3. The summed E-state index contributed by atoms with van der Waals surface area (Å²) in [6.07, 6.45) is -2.89. The van der Waals surface area contributed by atoms with Gasteiger partial charge in [-0.2, -0.15) is 0 Å². The van der Waals surface area contributed by atoms with Crippen LogP contribution in [0, 0.1) is 0 Å².